The molecule has 2 rings (SSSR count). The molecule has 0 radical (unpaired) electrons. The Labute approximate surface area is 118 Å². The lowest BCUT2D eigenvalue weighted by Gasteiger charge is -2.30. The molecule has 7 heteroatoms. The Hall–Kier alpha value is -1.02. The number of ether oxygens (including phenoxy) is 1. The number of nitrogens with two attached hydrogens (primary N) is 1. The zero-order valence-corrected chi connectivity index (χ0v) is 12.4. The van der Waals surface area contributed by atoms with Gasteiger partial charge in [-0.2, -0.15) is 4.31 Å². The van der Waals surface area contributed by atoms with Gasteiger partial charge in [0.15, 0.2) is 0 Å². The van der Waals surface area contributed by atoms with Crippen LogP contribution in [0.25, 0.3) is 0 Å². The maximum absolute atomic E-state index is 13.8. The van der Waals surface area contributed by atoms with Crippen LogP contribution in [0.5, 0.6) is 0 Å². The normalized spacial score (nSPS) is 21.1. The molecule has 112 valence electrons. The van der Waals surface area contributed by atoms with E-state index in [-0.39, 0.29) is 36.2 Å². The van der Waals surface area contributed by atoms with E-state index in [0.717, 1.165) is 0 Å². The predicted molar refractivity (Wildman–Crippen MR) is 73.2 cm³/mol. The van der Waals surface area contributed by atoms with E-state index in [1.54, 1.807) is 0 Å². The third-order valence-electron chi connectivity index (χ3n) is 3.41. The molecule has 0 bridgehead atoms. The second-order valence-electron chi connectivity index (χ2n) is 4.95. The summed E-state index contributed by atoms with van der Waals surface area (Å²) in [4.78, 5) is -0.00736. The quantitative estimate of drug-likeness (QED) is 0.904. The fourth-order valence-electron chi connectivity index (χ4n) is 2.24. The molecule has 20 heavy (non-hydrogen) atoms. The summed E-state index contributed by atoms with van der Waals surface area (Å²) in [5, 5.41) is 0. The van der Waals surface area contributed by atoms with Gasteiger partial charge in [-0.15, -0.1) is 0 Å². The first kappa shape index (κ1) is 15.4. The Balaban J connectivity index is 2.46. The summed E-state index contributed by atoms with van der Waals surface area (Å²) in [6.07, 6.45) is -0.165. The lowest BCUT2D eigenvalue weighted by Crippen LogP contribution is -2.44. The minimum Gasteiger partial charge on any atom is -0.376 e. The summed E-state index contributed by atoms with van der Waals surface area (Å²) in [5.74, 6) is -0.548. The molecule has 1 atom stereocenters. The number of benzene rings is 1. The van der Waals surface area contributed by atoms with E-state index in [1.165, 1.54) is 23.4 Å². The van der Waals surface area contributed by atoms with Crippen molar-refractivity contribution in [2.75, 3.05) is 19.7 Å². The van der Waals surface area contributed by atoms with Gasteiger partial charge in [0.25, 0.3) is 0 Å². The molecule has 0 amide bonds. The maximum atomic E-state index is 13.8. The molecule has 0 spiro atoms. The number of nitrogens with zero attached hydrogens (tertiary/aromatic N) is 1. The van der Waals surface area contributed by atoms with E-state index >= 15 is 0 Å². The second kappa shape index (κ2) is 5.77. The van der Waals surface area contributed by atoms with Gasteiger partial charge in [0, 0.05) is 25.2 Å². The van der Waals surface area contributed by atoms with Gasteiger partial charge in [-0.25, -0.2) is 12.8 Å². The minimum absolute atomic E-state index is 0.00736. The molecular formula is C13H19FN2O3S. The summed E-state index contributed by atoms with van der Waals surface area (Å²) in [6.45, 7) is 4.27. The zero-order valence-electron chi connectivity index (χ0n) is 11.6. The monoisotopic (exact) mass is 302 g/mol. The molecule has 1 fully saturated rings. The molecule has 1 aromatic carbocycles. The third-order valence-corrected chi connectivity index (χ3v) is 5.41. The van der Waals surface area contributed by atoms with Crippen LogP contribution < -0.4 is 5.73 Å². The molecule has 1 unspecified atom stereocenters. The van der Waals surface area contributed by atoms with Crippen LogP contribution in [0, 0.1) is 12.7 Å². The Kier molecular flexibility index (Phi) is 4.43. The van der Waals surface area contributed by atoms with Crippen LogP contribution in [-0.2, 0) is 21.3 Å². The fraction of sp³-hybridized carbons (Fsp3) is 0.538. The van der Waals surface area contributed by atoms with E-state index in [1.807, 2.05) is 6.92 Å². The molecule has 1 aliphatic rings. The molecule has 5 nitrogen and oxygen atoms in total. The van der Waals surface area contributed by atoms with Crippen molar-refractivity contribution in [1.82, 2.24) is 4.31 Å². The highest BCUT2D eigenvalue weighted by Gasteiger charge is 2.31. The van der Waals surface area contributed by atoms with Crippen LogP contribution in [-0.4, -0.2) is 38.5 Å². The second-order valence-corrected chi connectivity index (χ2v) is 6.86. The third kappa shape index (κ3) is 2.85. The summed E-state index contributed by atoms with van der Waals surface area (Å²) < 4.78 is 45.8. The first-order valence-electron chi connectivity index (χ1n) is 6.47. The standard InChI is InChI=1S/C13H19FN2O3S/c1-9-8-16(3-4-19-9)20(17,18)13-6-11(7-15)5-12(14)10(13)2/h5-6,9H,3-4,7-8,15H2,1-2H3. The number of hydrogen-bond acceptors (Lipinski definition) is 4. The van der Waals surface area contributed by atoms with Gasteiger partial charge in [0.05, 0.1) is 17.6 Å². The molecule has 1 aromatic rings. The number of morpholine rings is 1. The molecule has 1 saturated heterocycles. The number of hydrogen-bond donors (Lipinski definition) is 1. The smallest absolute Gasteiger partial charge is 0.243 e. The fourth-order valence-corrected chi connectivity index (χ4v) is 4.02. The van der Waals surface area contributed by atoms with E-state index in [0.29, 0.717) is 12.2 Å². The average Bonchev–Trinajstić information content (AvgIpc) is 2.41. The average molecular weight is 302 g/mol. The van der Waals surface area contributed by atoms with Crippen LogP contribution in [0.1, 0.15) is 18.1 Å². The minimum atomic E-state index is -3.72. The largest absolute Gasteiger partial charge is 0.376 e. The predicted octanol–water partition coefficient (Wildman–Crippen LogP) is 1.00. The zero-order chi connectivity index (χ0) is 14.9. The molecule has 0 aliphatic carbocycles. The Bertz CT molecular complexity index is 604. The Morgan fingerprint density at radius 3 is 2.80 bits per heavy atom. The van der Waals surface area contributed by atoms with E-state index < -0.39 is 15.8 Å². The highest BCUT2D eigenvalue weighted by Crippen LogP contribution is 2.25. The molecule has 2 N–H and O–H groups in total. The number of sulfonamides is 1. The SMILES string of the molecule is Cc1c(F)cc(CN)cc1S(=O)(=O)N1CCOC(C)C1. The lowest BCUT2D eigenvalue weighted by molar-refractivity contribution is 0.0101. The summed E-state index contributed by atoms with van der Waals surface area (Å²) in [6, 6.07) is 2.73. The Morgan fingerprint density at radius 2 is 2.20 bits per heavy atom. The van der Waals surface area contributed by atoms with E-state index in [2.05, 4.69) is 0 Å². The first-order chi connectivity index (χ1) is 9.36. The van der Waals surface area contributed by atoms with Crippen molar-refractivity contribution in [3.8, 4) is 0 Å². The molecule has 1 aliphatic heterocycles. The van der Waals surface area contributed by atoms with Crippen molar-refractivity contribution in [3.63, 3.8) is 0 Å². The van der Waals surface area contributed by atoms with Gasteiger partial charge in [0.1, 0.15) is 5.82 Å². The maximum Gasteiger partial charge on any atom is 0.243 e. The van der Waals surface area contributed by atoms with Crippen LogP contribution in [0.3, 0.4) is 0 Å². The van der Waals surface area contributed by atoms with Gasteiger partial charge in [-0.05, 0) is 31.5 Å². The van der Waals surface area contributed by atoms with Gasteiger partial charge in [-0.3, -0.25) is 0 Å². The van der Waals surface area contributed by atoms with Gasteiger partial charge >= 0.3 is 0 Å². The van der Waals surface area contributed by atoms with Crippen molar-refractivity contribution in [3.05, 3.63) is 29.1 Å². The number of rotatable bonds is 3. The Morgan fingerprint density at radius 1 is 1.50 bits per heavy atom. The van der Waals surface area contributed by atoms with Crippen LogP contribution in [0.15, 0.2) is 17.0 Å². The van der Waals surface area contributed by atoms with Crippen LogP contribution in [0.4, 0.5) is 4.39 Å². The highest BCUT2D eigenvalue weighted by molar-refractivity contribution is 7.89. The summed E-state index contributed by atoms with van der Waals surface area (Å²) in [7, 11) is -3.72. The molecule has 1 heterocycles. The van der Waals surface area contributed by atoms with E-state index in [9.17, 15) is 12.8 Å². The van der Waals surface area contributed by atoms with E-state index in [4.69, 9.17) is 10.5 Å². The summed E-state index contributed by atoms with van der Waals surface area (Å²) in [5.41, 5.74) is 6.08. The molecular weight excluding hydrogens is 283 g/mol. The highest BCUT2D eigenvalue weighted by atomic mass is 32.2. The molecule has 0 saturated carbocycles. The van der Waals surface area contributed by atoms with Crippen molar-refractivity contribution >= 4 is 10.0 Å². The van der Waals surface area contributed by atoms with Gasteiger partial charge < -0.3 is 10.5 Å². The summed E-state index contributed by atoms with van der Waals surface area (Å²) >= 11 is 0. The van der Waals surface area contributed by atoms with Crippen LogP contribution in [0.2, 0.25) is 0 Å². The number of halogens is 1. The van der Waals surface area contributed by atoms with Crippen LogP contribution >= 0.6 is 0 Å². The van der Waals surface area contributed by atoms with Gasteiger partial charge in [0.2, 0.25) is 10.0 Å². The lowest BCUT2D eigenvalue weighted by atomic mass is 10.1. The van der Waals surface area contributed by atoms with Crippen molar-refractivity contribution < 1.29 is 17.5 Å². The van der Waals surface area contributed by atoms with Gasteiger partial charge in [-0.1, -0.05) is 0 Å². The first-order valence-corrected chi connectivity index (χ1v) is 7.91. The van der Waals surface area contributed by atoms with Crippen molar-refractivity contribution in [2.24, 2.45) is 5.73 Å². The molecule has 0 aromatic heterocycles. The van der Waals surface area contributed by atoms with Crippen molar-refractivity contribution in [2.45, 2.75) is 31.4 Å². The van der Waals surface area contributed by atoms with Crippen molar-refractivity contribution in [1.29, 1.82) is 0 Å². The topological polar surface area (TPSA) is 72.6 Å².